The number of nitrogen functional groups attached to an aromatic ring is 1. The molecular weight excluding hydrogens is 180 g/mol. The summed E-state index contributed by atoms with van der Waals surface area (Å²) in [5, 5.41) is 12.4. The quantitative estimate of drug-likeness (QED) is 0.682. The number of hydrogen-bond acceptors (Lipinski definition) is 5. The second-order valence-electron chi connectivity index (χ2n) is 2.57. The van der Waals surface area contributed by atoms with Crippen molar-refractivity contribution in [2.45, 2.75) is 0 Å². The molecule has 0 atom stereocenters. The van der Waals surface area contributed by atoms with E-state index >= 15 is 0 Å². The molecule has 0 radical (unpaired) electrons. The van der Waals surface area contributed by atoms with Gasteiger partial charge in [0.1, 0.15) is 12.4 Å². The first-order valence-electron chi connectivity index (χ1n) is 3.83. The van der Waals surface area contributed by atoms with E-state index in [1.54, 1.807) is 12.1 Å². The SMILES string of the molecule is N#Cc1ncn(-c2ccc(N)cn2)n1. The van der Waals surface area contributed by atoms with Gasteiger partial charge in [0.15, 0.2) is 5.82 Å². The molecule has 0 bridgehead atoms. The normalized spacial score (nSPS) is 9.64. The van der Waals surface area contributed by atoms with Crippen LogP contribution in [0.5, 0.6) is 0 Å². The highest BCUT2D eigenvalue weighted by Crippen LogP contribution is 2.04. The van der Waals surface area contributed by atoms with Crippen molar-refractivity contribution in [1.29, 1.82) is 5.26 Å². The van der Waals surface area contributed by atoms with Crippen molar-refractivity contribution < 1.29 is 0 Å². The molecule has 0 aliphatic carbocycles. The van der Waals surface area contributed by atoms with Gasteiger partial charge in [-0.15, -0.1) is 5.10 Å². The lowest BCUT2D eigenvalue weighted by Gasteiger charge is -1.97. The Bertz CT molecular complexity index is 477. The average Bonchev–Trinajstić information content (AvgIpc) is 2.67. The lowest BCUT2D eigenvalue weighted by atomic mass is 10.4. The monoisotopic (exact) mass is 186 g/mol. The number of pyridine rings is 1. The standard InChI is InChI=1S/C8H6N6/c9-3-7-12-5-14(13-7)8-2-1-6(10)4-11-8/h1-2,4-5H,10H2. The number of nitrogens with two attached hydrogens (primary N) is 1. The molecule has 6 nitrogen and oxygen atoms in total. The molecule has 0 fully saturated rings. The fraction of sp³-hybridized carbons (Fsp3) is 0. The van der Waals surface area contributed by atoms with Gasteiger partial charge in [-0.2, -0.15) is 5.26 Å². The molecule has 0 aromatic carbocycles. The van der Waals surface area contributed by atoms with Gasteiger partial charge in [-0.05, 0) is 12.1 Å². The third-order valence-electron chi connectivity index (χ3n) is 1.60. The maximum absolute atomic E-state index is 8.51. The number of nitriles is 1. The molecule has 68 valence electrons. The fourth-order valence-corrected chi connectivity index (χ4v) is 0.958. The minimum Gasteiger partial charge on any atom is -0.397 e. The molecule has 2 rings (SSSR count). The second-order valence-corrected chi connectivity index (χ2v) is 2.57. The van der Waals surface area contributed by atoms with E-state index in [4.69, 9.17) is 11.0 Å². The molecule has 2 N–H and O–H groups in total. The predicted molar refractivity (Wildman–Crippen MR) is 48.3 cm³/mol. The van der Waals surface area contributed by atoms with E-state index in [0.717, 1.165) is 0 Å². The molecule has 0 aliphatic rings. The van der Waals surface area contributed by atoms with Crippen molar-refractivity contribution in [3.8, 4) is 11.9 Å². The summed E-state index contributed by atoms with van der Waals surface area (Å²) < 4.78 is 1.41. The first-order chi connectivity index (χ1) is 6.79. The molecule has 14 heavy (non-hydrogen) atoms. The zero-order chi connectivity index (χ0) is 9.97. The average molecular weight is 186 g/mol. The van der Waals surface area contributed by atoms with Crippen LogP contribution < -0.4 is 5.73 Å². The molecule has 2 aromatic rings. The molecule has 6 heteroatoms. The topological polar surface area (TPSA) is 93.4 Å². The van der Waals surface area contributed by atoms with E-state index in [-0.39, 0.29) is 5.82 Å². The molecule has 0 amide bonds. The highest BCUT2D eigenvalue weighted by Gasteiger charge is 2.01. The summed E-state index contributed by atoms with van der Waals surface area (Å²) in [5.74, 6) is 0.692. The van der Waals surface area contributed by atoms with Crippen molar-refractivity contribution >= 4 is 5.69 Å². The van der Waals surface area contributed by atoms with E-state index in [9.17, 15) is 0 Å². The summed E-state index contributed by atoms with van der Waals surface area (Å²) in [5.41, 5.74) is 6.05. The number of aromatic nitrogens is 4. The summed E-state index contributed by atoms with van der Waals surface area (Å²) in [7, 11) is 0. The van der Waals surface area contributed by atoms with Crippen molar-refractivity contribution in [3.63, 3.8) is 0 Å². The molecule has 0 saturated heterocycles. The van der Waals surface area contributed by atoms with Crippen LogP contribution >= 0.6 is 0 Å². The van der Waals surface area contributed by atoms with Gasteiger partial charge >= 0.3 is 0 Å². The van der Waals surface area contributed by atoms with Gasteiger partial charge in [-0.1, -0.05) is 0 Å². The Labute approximate surface area is 79.6 Å². The number of hydrogen-bond donors (Lipinski definition) is 1. The van der Waals surface area contributed by atoms with Crippen LogP contribution in [-0.2, 0) is 0 Å². The summed E-state index contributed by atoms with van der Waals surface area (Å²) in [6.07, 6.45) is 2.94. The Balaban J connectivity index is 2.40. The highest BCUT2D eigenvalue weighted by atomic mass is 15.4. The minimum atomic E-state index is 0.114. The fourth-order valence-electron chi connectivity index (χ4n) is 0.958. The van der Waals surface area contributed by atoms with Crippen LogP contribution in [0, 0.1) is 11.3 Å². The minimum absolute atomic E-state index is 0.114. The zero-order valence-electron chi connectivity index (χ0n) is 7.12. The number of anilines is 1. The predicted octanol–water partition coefficient (Wildman–Crippen LogP) is 0.116. The largest absolute Gasteiger partial charge is 0.397 e. The van der Waals surface area contributed by atoms with E-state index in [1.165, 1.54) is 17.2 Å². The molecular formula is C8H6N6. The van der Waals surface area contributed by atoms with Gasteiger partial charge < -0.3 is 5.73 Å². The Hall–Kier alpha value is -2.42. The van der Waals surface area contributed by atoms with E-state index in [1.807, 2.05) is 6.07 Å². The Morgan fingerprint density at radius 3 is 2.79 bits per heavy atom. The van der Waals surface area contributed by atoms with Gasteiger partial charge in [0.2, 0.25) is 0 Å². The van der Waals surface area contributed by atoms with Gasteiger partial charge in [-0.3, -0.25) is 0 Å². The molecule has 2 aromatic heterocycles. The maximum atomic E-state index is 8.51. The van der Waals surface area contributed by atoms with Crippen LogP contribution in [0.3, 0.4) is 0 Å². The van der Waals surface area contributed by atoms with Crippen molar-refractivity contribution in [1.82, 2.24) is 19.7 Å². The lowest BCUT2D eigenvalue weighted by molar-refractivity contribution is 0.841. The first kappa shape index (κ1) is 8.19. The Morgan fingerprint density at radius 2 is 2.21 bits per heavy atom. The Kier molecular flexibility index (Phi) is 1.84. The Morgan fingerprint density at radius 1 is 1.36 bits per heavy atom. The van der Waals surface area contributed by atoms with Crippen molar-refractivity contribution in [3.05, 3.63) is 30.5 Å². The summed E-state index contributed by atoms with van der Waals surface area (Å²) in [6, 6.07) is 5.24. The van der Waals surface area contributed by atoms with Crippen LogP contribution in [0.15, 0.2) is 24.7 Å². The zero-order valence-corrected chi connectivity index (χ0v) is 7.12. The maximum Gasteiger partial charge on any atom is 0.252 e. The summed E-state index contributed by atoms with van der Waals surface area (Å²) in [6.45, 7) is 0. The van der Waals surface area contributed by atoms with E-state index in [0.29, 0.717) is 11.5 Å². The molecule has 0 unspecified atom stereocenters. The van der Waals surface area contributed by atoms with E-state index < -0.39 is 0 Å². The van der Waals surface area contributed by atoms with Crippen molar-refractivity contribution in [2.24, 2.45) is 0 Å². The third-order valence-corrected chi connectivity index (χ3v) is 1.60. The summed E-state index contributed by atoms with van der Waals surface area (Å²) >= 11 is 0. The molecule has 0 spiro atoms. The summed E-state index contributed by atoms with van der Waals surface area (Å²) in [4.78, 5) is 7.78. The van der Waals surface area contributed by atoms with Crippen LogP contribution in [0.4, 0.5) is 5.69 Å². The van der Waals surface area contributed by atoms with Gasteiger partial charge in [-0.25, -0.2) is 14.6 Å². The van der Waals surface area contributed by atoms with Crippen LogP contribution in [0.1, 0.15) is 5.82 Å². The van der Waals surface area contributed by atoms with Crippen LogP contribution in [0.25, 0.3) is 5.82 Å². The van der Waals surface area contributed by atoms with Crippen LogP contribution in [-0.4, -0.2) is 19.7 Å². The molecule has 0 aliphatic heterocycles. The first-order valence-corrected chi connectivity index (χ1v) is 3.83. The van der Waals surface area contributed by atoms with Gasteiger partial charge in [0.05, 0.1) is 11.9 Å². The number of rotatable bonds is 1. The van der Waals surface area contributed by atoms with Gasteiger partial charge in [0, 0.05) is 0 Å². The third kappa shape index (κ3) is 1.38. The molecule has 2 heterocycles. The van der Waals surface area contributed by atoms with Crippen molar-refractivity contribution in [2.75, 3.05) is 5.73 Å². The smallest absolute Gasteiger partial charge is 0.252 e. The van der Waals surface area contributed by atoms with Crippen LogP contribution in [0.2, 0.25) is 0 Å². The van der Waals surface area contributed by atoms with Gasteiger partial charge in [0.25, 0.3) is 5.82 Å². The van der Waals surface area contributed by atoms with E-state index in [2.05, 4.69) is 15.1 Å². The second kappa shape index (κ2) is 3.14. The highest BCUT2D eigenvalue weighted by molar-refractivity contribution is 5.38. The number of nitrogens with zero attached hydrogens (tertiary/aromatic N) is 5. The lowest BCUT2D eigenvalue weighted by Crippen LogP contribution is -1.98. The molecule has 0 saturated carbocycles.